The summed E-state index contributed by atoms with van der Waals surface area (Å²) in [5.41, 5.74) is 5.09. The van der Waals surface area contributed by atoms with Crippen LogP contribution in [0.4, 0.5) is 11.4 Å². The summed E-state index contributed by atoms with van der Waals surface area (Å²) in [5.74, 6) is 0.528. The van der Waals surface area contributed by atoms with E-state index in [-0.39, 0.29) is 6.04 Å². The second-order valence-corrected chi connectivity index (χ2v) is 8.35. The van der Waals surface area contributed by atoms with Gasteiger partial charge in [0, 0.05) is 11.6 Å². The van der Waals surface area contributed by atoms with E-state index in [1.165, 1.54) is 0 Å². The fourth-order valence-electron chi connectivity index (χ4n) is 3.28. The molecule has 0 spiro atoms. The van der Waals surface area contributed by atoms with Crippen LogP contribution in [0.15, 0.2) is 29.8 Å². The third-order valence-corrected chi connectivity index (χ3v) is 5.64. The molecule has 8 nitrogen and oxygen atoms in total. The number of nitrogens with zero attached hydrogens (tertiary/aromatic N) is 3. The number of rotatable bonds is 9. The summed E-state index contributed by atoms with van der Waals surface area (Å²) in [7, 11) is 0. The molecule has 1 saturated heterocycles. The third-order valence-electron chi connectivity index (χ3n) is 4.82. The van der Waals surface area contributed by atoms with Crippen molar-refractivity contribution in [3.05, 3.63) is 46.2 Å². The molecule has 4 heterocycles. The monoisotopic (exact) mass is 438 g/mol. The lowest BCUT2D eigenvalue weighted by molar-refractivity contribution is 0.0211. The lowest BCUT2D eigenvalue weighted by Gasteiger charge is -2.30. The smallest absolute Gasteiger partial charge is 0.222 e. The molecule has 3 N–H and O–H groups in total. The normalized spacial score (nSPS) is 13.5. The Morgan fingerprint density at radius 3 is 2.84 bits per heavy atom. The molecular formula is C22H26N6O2S. The van der Waals surface area contributed by atoms with Crippen LogP contribution < -0.4 is 15.4 Å². The Kier molecular flexibility index (Phi) is 6.43. The number of nitrogens with one attached hydrogen (secondary N) is 3. The first-order chi connectivity index (χ1) is 15.0. The van der Waals surface area contributed by atoms with E-state index in [9.17, 15) is 0 Å². The van der Waals surface area contributed by atoms with Gasteiger partial charge in [0.05, 0.1) is 71.5 Å². The zero-order chi connectivity index (χ0) is 21.8. The van der Waals surface area contributed by atoms with E-state index in [2.05, 4.69) is 20.6 Å². The van der Waals surface area contributed by atoms with Gasteiger partial charge in [-0.1, -0.05) is 0 Å². The van der Waals surface area contributed by atoms with E-state index in [4.69, 9.17) is 19.9 Å². The highest BCUT2D eigenvalue weighted by Crippen LogP contribution is 2.35. The molecule has 3 aromatic rings. The van der Waals surface area contributed by atoms with Crippen molar-refractivity contribution in [3.63, 3.8) is 0 Å². The van der Waals surface area contributed by atoms with Gasteiger partial charge in [0.25, 0.3) is 0 Å². The number of anilines is 2. The predicted molar refractivity (Wildman–Crippen MR) is 124 cm³/mol. The first-order valence-corrected chi connectivity index (χ1v) is 11.1. The standard InChI is InChI=1S/C22H26N6O2S/c1-4-30-22-17(6-5-7-24-22)18-8-19(25-9-15-12-31-14(3)26-15)21(20(28-18)13(2)23)27-16-10-29-11-16/h5-8,12,16,23,27H,4,9-11H2,1-3H3,(H,25,28). The molecule has 9 heteroatoms. The number of aromatic nitrogens is 3. The average Bonchev–Trinajstić information content (AvgIpc) is 3.15. The predicted octanol–water partition coefficient (Wildman–Crippen LogP) is 4.12. The van der Waals surface area contributed by atoms with Gasteiger partial charge in [-0.05, 0) is 39.0 Å². The molecule has 3 aromatic heterocycles. The highest BCUT2D eigenvalue weighted by atomic mass is 32.1. The number of pyridine rings is 2. The zero-order valence-electron chi connectivity index (χ0n) is 17.9. The number of hydrogen-bond donors (Lipinski definition) is 3. The van der Waals surface area contributed by atoms with Crippen molar-refractivity contribution in [1.29, 1.82) is 5.41 Å². The van der Waals surface area contributed by atoms with E-state index < -0.39 is 0 Å². The molecular weight excluding hydrogens is 412 g/mol. The van der Waals surface area contributed by atoms with Crippen molar-refractivity contribution in [2.75, 3.05) is 30.5 Å². The maximum atomic E-state index is 8.37. The van der Waals surface area contributed by atoms with Crippen LogP contribution in [0.3, 0.4) is 0 Å². The molecule has 1 aliphatic heterocycles. The Morgan fingerprint density at radius 1 is 1.35 bits per heavy atom. The summed E-state index contributed by atoms with van der Waals surface area (Å²) < 4.78 is 11.0. The highest BCUT2D eigenvalue weighted by molar-refractivity contribution is 7.09. The van der Waals surface area contributed by atoms with Crippen LogP contribution in [0.5, 0.6) is 5.88 Å². The molecule has 0 unspecified atom stereocenters. The Morgan fingerprint density at radius 2 is 2.19 bits per heavy atom. The summed E-state index contributed by atoms with van der Waals surface area (Å²) in [6.07, 6.45) is 1.70. The largest absolute Gasteiger partial charge is 0.477 e. The molecule has 0 aromatic carbocycles. The summed E-state index contributed by atoms with van der Waals surface area (Å²) in [6, 6.07) is 5.97. The highest BCUT2D eigenvalue weighted by Gasteiger charge is 2.24. The van der Waals surface area contributed by atoms with E-state index >= 15 is 0 Å². The summed E-state index contributed by atoms with van der Waals surface area (Å²) >= 11 is 1.63. The molecule has 1 aliphatic rings. The van der Waals surface area contributed by atoms with Gasteiger partial charge < -0.3 is 25.5 Å². The van der Waals surface area contributed by atoms with Crippen LogP contribution in [-0.2, 0) is 11.3 Å². The molecule has 1 fully saturated rings. The van der Waals surface area contributed by atoms with E-state index in [0.717, 1.165) is 27.6 Å². The fraction of sp³-hybridized carbons (Fsp3) is 0.364. The van der Waals surface area contributed by atoms with Crippen LogP contribution >= 0.6 is 11.3 Å². The molecule has 4 rings (SSSR count). The first kappa shape index (κ1) is 21.2. The van der Waals surface area contributed by atoms with Crippen LogP contribution in [0.25, 0.3) is 11.3 Å². The van der Waals surface area contributed by atoms with Gasteiger partial charge in [0.1, 0.15) is 5.69 Å². The summed E-state index contributed by atoms with van der Waals surface area (Å²) in [4.78, 5) is 13.7. The van der Waals surface area contributed by atoms with Crippen LogP contribution in [0, 0.1) is 12.3 Å². The van der Waals surface area contributed by atoms with Gasteiger partial charge in [-0.15, -0.1) is 11.3 Å². The van der Waals surface area contributed by atoms with Gasteiger partial charge in [0.2, 0.25) is 5.88 Å². The first-order valence-electron chi connectivity index (χ1n) is 10.2. The Balaban J connectivity index is 1.77. The molecule has 31 heavy (non-hydrogen) atoms. The van der Waals surface area contributed by atoms with E-state index in [1.807, 2.05) is 37.4 Å². The molecule has 0 amide bonds. The van der Waals surface area contributed by atoms with Gasteiger partial charge in [-0.25, -0.2) is 15.0 Å². The summed E-state index contributed by atoms with van der Waals surface area (Å²) in [6.45, 7) is 8.03. The van der Waals surface area contributed by atoms with Gasteiger partial charge in [0.15, 0.2) is 0 Å². The van der Waals surface area contributed by atoms with Crippen LogP contribution in [-0.4, -0.2) is 46.5 Å². The average molecular weight is 439 g/mol. The second kappa shape index (κ2) is 9.40. The minimum absolute atomic E-state index is 0.199. The van der Waals surface area contributed by atoms with Crippen molar-refractivity contribution in [2.24, 2.45) is 0 Å². The molecule has 162 valence electrons. The van der Waals surface area contributed by atoms with Crippen molar-refractivity contribution >= 4 is 28.4 Å². The second-order valence-electron chi connectivity index (χ2n) is 7.28. The minimum Gasteiger partial charge on any atom is -0.477 e. The maximum Gasteiger partial charge on any atom is 0.222 e. The van der Waals surface area contributed by atoms with Gasteiger partial charge >= 0.3 is 0 Å². The quantitative estimate of drug-likeness (QED) is 0.432. The third kappa shape index (κ3) is 4.83. The van der Waals surface area contributed by atoms with Crippen LogP contribution in [0.2, 0.25) is 0 Å². The maximum absolute atomic E-state index is 8.37. The Bertz CT molecular complexity index is 1080. The Hall–Kier alpha value is -3.04. The number of aryl methyl sites for hydroxylation is 1. The zero-order valence-corrected chi connectivity index (χ0v) is 18.7. The van der Waals surface area contributed by atoms with E-state index in [0.29, 0.717) is 49.3 Å². The SMILES string of the molecule is CCOc1ncccc1-c1cc(NCc2csc(C)n2)c(NC2COC2)c(C(C)=N)n1. The van der Waals surface area contributed by atoms with Crippen molar-refractivity contribution in [1.82, 2.24) is 15.0 Å². The van der Waals surface area contributed by atoms with E-state index in [1.54, 1.807) is 24.5 Å². The molecule has 0 atom stereocenters. The molecule has 0 bridgehead atoms. The molecule has 0 radical (unpaired) electrons. The topological polar surface area (TPSA) is 105 Å². The number of ether oxygens (including phenoxy) is 2. The minimum atomic E-state index is 0.199. The number of hydrogen-bond acceptors (Lipinski definition) is 9. The number of thiazole rings is 1. The Labute approximate surface area is 185 Å². The van der Waals surface area contributed by atoms with Crippen molar-refractivity contribution in [3.8, 4) is 17.1 Å². The summed E-state index contributed by atoms with van der Waals surface area (Å²) in [5, 5.41) is 18.4. The van der Waals surface area contributed by atoms with Gasteiger partial charge in [-0.2, -0.15) is 0 Å². The molecule has 0 aliphatic carbocycles. The lowest BCUT2D eigenvalue weighted by atomic mass is 10.1. The lowest BCUT2D eigenvalue weighted by Crippen LogP contribution is -2.40. The van der Waals surface area contributed by atoms with Gasteiger partial charge in [-0.3, -0.25) is 0 Å². The fourth-order valence-corrected chi connectivity index (χ4v) is 3.89. The van der Waals surface area contributed by atoms with Crippen molar-refractivity contribution < 1.29 is 9.47 Å². The molecule has 0 saturated carbocycles. The van der Waals surface area contributed by atoms with Crippen molar-refractivity contribution in [2.45, 2.75) is 33.4 Å². The van der Waals surface area contributed by atoms with Crippen LogP contribution in [0.1, 0.15) is 30.2 Å².